The molecule has 0 aromatic heterocycles. The van der Waals surface area contributed by atoms with Crippen molar-refractivity contribution in [3.63, 3.8) is 0 Å². The van der Waals surface area contributed by atoms with Gasteiger partial charge in [-0.3, -0.25) is 0 Å². The maximum absolute atomic E-state index is 6.13. The van der Waals surface area contributed by atoms with E-state index < -0.39 is 0 Å². The maximum Gasteiger partial charge on any atom is 0.143 e. The number of rotatable bonds is 3. The Morgan fingerprint density at radius 2 is 1.90 bits per heavy atom. The number of nitrogens with zero attached hydrogens (tertiary/aromatic N) is 1. The molecule has 3 rings (SSSR count). The number of methoxy groups -OCH3 is 1. The van der Waals surface area contributed by atoms with Crippen LogP contribution in [0.1, 0.15) is 37.2 Å². The fourth-order valence-electron chi connectivity index (χ4n) is 3.35. The Hall–Kier alpha value is -1.42. The van der Waals surface area contributed by atoms with E-state index in [2.05, 4.69) is 17.0 Å². The molecule has 0 spiro atoms. The number of nitrogens with two attached hydrogens (primary N) is 1. The first-order valence-electron chi connectivity index (χ1n) is 7.59. The Labute approximate surface area is 120 Å². The van der Waals surface area contributed by atoms with Crippen molar-refractivity contribution in [1.82, 2.24) is 0 Å². The van der Waals surface area contributed by atoms with Crippen molar-refractivity contribution < 1.29 is 9.47 Å². The van der Waals surface area contributed by atoms with E-state index in [1.807, 2.05) is 0 Å². The van der Waals surface area contributed by atoms with Crippen molar-refractivity contribution in [1.29, 1.82) is 0 Å². The number of anilines is 2. The molecule has 1 aromatic rings. The predicted octanol–water partition coefficient (Wildman–Crippen LogP) is 2.77. The third kappa shape index (κ3) is 2.57. The van der Waals surface area contributed by atoms with Gasteiger partial charge in [0.1, 0.15) is 5.75 Å². The van der Waals surface area contributed by atoms with Crippen LogP contribution in [0, 0.1) is 0 Å². The number of ether oxygens (including phenoxy) is 2. The largest absolute Gasteiger partial charge is 0.495 e. The second kappa shape index (κ2) is 5.92. The SMILES string of the molecule is COc1cc(N2CCCC2)c(C2CCOCC2)cc1N. The Balaban J connectivity index is 1.98. The fourth-order valence-corrected chi connectivity index (χ4v) is 3.35. The summed E-state index contributed by atoms with van der Waals surface area (Å²) < 4.78 is 10.9. The minimum absolute atomic E-state index is 0.563. The smallest absolute Gasteiger partial charge is 0.143 e. The van der Waals surface area contributed by atoms with Crippen molar-refractivity contribution >= 4 is 11.4 Å². The number of hydrogen-bond acceptors (Lipinski definition) is 4. The predicted molar refractivity (Wildman–Crippen MR) is 81.6 cm³/mol. The molecule has 4 heteroatoms. The Bertz CT molecular complexity index is 464. The highest BCUT2D eigenvalue weighted by atomic mass is 16.5. The lowest BCUT2D eigenvalue weighted by molar-refractivity contribution is 0.0854. The van der Waals surface area contributed by atoms with Gasteiger partial charge in [-0.1, -0.05) is 0 Å². The Morgan fingerprint density at radius 1 is 1.20 bits per heavy atom. The molecular formula is C16H24N2O2. The zero-order valence-corrected chi connectivity index (χ0v) is 12.2. The van der Waals surface area contributed by atoms with Crippen LogP contribution in [-0.2, 0) is 4.74 Å². The van der Waals surface area contributed by atoms with Crippen molar-refractivity contribution in [3.8, 4) is 5.75 Å². The average molecular weight is 276 g/mol. The fraction of sp³-hybridized carbons (Fsp3) is 0.625. The first kappa shape index (κ1) is 13.6. The van der Waals surface area contributed by atoms with Gasteiger partial charge >= 0.3 is 0 Å². The first-order chi connectivity index (χ1) is 9.79. The molecule has 2 heterocycles. The van der Waals surface area contributed by atoms with E-state index in [0.29, 0.717) is 5.92 Å². The molecule has 0 saturated carbocycles. The van der Waals surface area contributed by atoms with Crippen LogP contribution in [0.3, 0.4) is 0 Å². The normalized spacial score (nSPS) is 20.4. The van der Waals surface area contributed by atoms with E-state index in [1.54, 1.807) is 7.11 Å². The van der Waals surface area contributed by atoms with Gasteiger partial charge in [0.15, 0.2) is 0 Å². The van der Waals surface area contributed by atoms with E-state index in [-0.39, 0.29) is 0 Å². The summed E-state index contributed by atoms with van der Waals surface area (Å²) in [5, 5.41) is 0. The van der Waals surface area contributed by atoms with Gasteiger partial charge in [0, 0.05) is 38.1 Å². The highest BCUT2D eigenvalue weighted by molar-refractivity contribution is 5.68. The molecule has 0 aliphatic carbocycles. The van der Waals surface area contributed by atoms with Gasteiger partial charge in [-0.05, 0) is 43.2 Å². The van der Waals surface area contributed by atoms with Crippen LogP contribution in [0.5, 0.6) is 5.75 Å². The molecule has 2 aliphatic rings. The Kier molecular flexibility index (Phi) is 4.01. The topological polar surface area (TPSA) is 47.7 Å². The zero-order valence-electron chi connectivity index (χ0n) is 12.2. The second-order valence-corrected chi connectivity index (χ2v) is 5.73. The highest BCUT2D eigenvalue weighted by Gasteiger charge is 2.24. The molecule has 4 nitrogen and oxygen atoms in total. The molecule has 2 aliphatic heterocycles. The molecule has 2 N–H and O–H groups in total. The van der Waals surface area contributed by atoms with Gasteiger partial charge in [0.25, 0.3) is 0 Å². The average Bonchev–Trinajstić information content (AvgIpc) is 3.02. The van der Waals surface area contributed by atoms with E-state index >= 15 is 0 Å². The highest BCUT2D eigenvalue weighted by Crippen LogP contribution is 2.40. The molecule has 110 valence electrons. The molecule has 0 atom stereocenters. The molecular weight excluding hydrogens is 252 g/mol. The molecule has 20 heavy (non-hydrogen) atoms. The van der Waals surface area contributed by atoms with Gasteiger partial charge in [-0.2, -0.15) is 0 Å². The van der Waals surface area contributed by atoms with Crippen LogP contribution in [0.4, 0.5) is 11.4 Å². The van der Waals surface area contributed by atoms with E-state index in [0.717, 1.165) is 50.6 Å². The monoisotopic (exact) mass is 276 g/mol. The lowest BCUT2D eigenvalue weighted by atomic mass is 9.89. The third-order valence-electron chi connectivity index (χ3n) is 4.49. The van der Waals surface area contributed by atoms with Crippen LogP contribution in [0.15, 0.2) is 12.1 Å². The van der Waals surface area contributed by atoms with Crippen molar-refractivity contribution in [2.45, 2.75) is 31.6 Å². The molecule has 0 bridgehead atoms. The van der Waals surface area contributed by atoms with Crippen LogP contribution in [-0.4, -0.2) is 33.4 Å². The van der Waals surface area contributed by atoms with E-state index in [1.165, 1.54) is 24.1 Å². The molecule has 0 amide bonds. The molecule has 0 unspecified atom stereocenters. The first-order valence-corrected chi connectivity index (χ1v) is 7.59. The summed E-state index contributed by atoms with van der Waals surface area (Å²) in [6, 6.07) is 4.26. The lowest BCUT2D eigenvalue weighted by Crippen LogP contribution is -2.22. The van der Waals surface area contributed by atoms with Gasteiger partial charge in [0.05, 0.1) is 12.8 Å². The van der Waals surface area contributed by atoms with Crippen LogP contribution >= 0.6 is 0 Å². The maximum atomic E-state index is 6.13. The van der Waals surface area contributed by atoms with Gasteiger partial charge in [0.2, 0.25) is 0 Å². The van der Waals surface area contributed by atoms with E-state index in [9.17, 15) is 0 Å². The van der Waals surface area contributed by atoms with Crippen LogP contribution < -0.4 is 15.4 Å². The molecule has 2 fully saturated rings. The molecule has 2 saturated heterocycles. The van der Waals surface area contributed by atoms with Crippen molar-refractivity contribution in [2.24, 2.45) is 0 Å². The third-order valence-corrected chi connectivity index (χ3v) is 4.49. The molecule has 0 radical (unpaired) electrons. The summed E-state index contributed by atoms with van der Waals surface area (Å²) in [7, 11) is 1.69. The van der Waals surface area contributed by atoms with Crippen molar-refractivity contribution in [3.05, 3.63) is 17.7 Å². The van der Waals surface area contributed by atoms with Gasteiger partial charge < -0.3 is 20.1 Å². The lowest BCUT2D eigenvalue weighted by Gasteiger charge is -2.29. The number of hydrogen-bond donors (Lipinski definition) is 1. The quantitative estimate of drug-likeness (QED) is 0.862. The summed E-state index contributed by atoms with van der Waals surface area (Å²) in [5.41, 5.74) is 9.58. The minimum Gasteiger partial charge on any atom is -0.495 e. The summed E-state index contributed by atoms with van der Waals surface area (Å²) in [6.07, 6.45) is 4.74. The van der Waals surface area contributed by atoms with Crippen molar-refractivity contribution in [2.75, 3.05) is 44.0 Å². The minimum atomic E-state index is 0.563. The number of benzene rings is 1. The summed E-state index contributed by atoms with van der Waals surface area (Å²) in [5.74, 6) is 1.36. The summed E-state index contributed by atoms with van der Waals surface area (Å²) >= 11 is 0. The summed E-state index contributed by atoms with van der Waals surface area (Å²) in [6.45, 7) is 4.00. The Morgan fingerprint density at radius 3 is 2.55 bits per heavy atom. The zero-order chi connectivity index (χ0) is 13.9. The standard InChI is InChI=1S/C16H24N2O2/c1-19-16-11-15(18-6-2-3-7-18)13(10-14(16)17)12-4-8-20-9-5-12/h10-12H,2-9,17H2,1H3. The summed E-state index contributed by atoms with van der Waals surface area (Å²) in [4.78, 5) is 2.48. The van der Waals surface area contributed by atoms with E-state index in [4.69, 9.17) is 15.2 Å². The number of nitrogen functional groups attached to an aromatic ring is 1. The van der Waals surface area contributed by atoms with Crippen LogP contribution in [0.2, 0.25) is 0 Å². The van der Waals surface area contributed by atoms with Gasteiger partial charge in [-0.25, -0.2) is 0 Å². The molecule has 1 aromatic carbocycles. The second-order valence-electron chi connectivity index (χ2n) is 5.73. The van der Waals surface area contributed by atoms with Gasteiger partial charge in [-0.15, -0.1) is 0 Å². The van der Waals surface area contributed by atoms with Crippen LogP contribution in [0.25, 0.3) is 0 Å².